The van der Waals surface area contributed by atoms with Gasteiger partial charge in [-0.25, -0.2) is 8.42 Å². The fourth-order valence-corrected chi connectivity index (χ4v) is 6.44. The van der Waals surface area contributed by atoms with Crippen LogP contribution in [-0.4, -0.2) is 50.0 Å². The van der Waals surface area contributed by atoms with Gasteiger partial charge in [0, 0.05) is 19.0 Å². The number of hydrogen-bond donors (Lipinski definition) is 1. The molecule has 0 aromatic heterocycles. The van der Waals surface area contributed by atoms with E-state index in [2.05, 4.69) is 5.32 Å². The smallest absolute Gasteiger partial charge is 0.244 e. The number of anilines is 1. The fraction of sp³-hybridized carbons (Fsp3) is 0.375. The molecule has 0 spiro atoms. The van der Waals surface area contributed by atoms with E-state index in [9.17, 15) is 18.0 Å². The van der Waals surface area contributed by atoms with E-state index >= 15 is 0 Å². The number of nitrogens with one attached hydrogen (secondary N) is 1. The number of aryl methyl sites for hydroxylation is 1. The van der Waals surface area contributed by atoms with Crippen molar-refractivity contribution in [3.63, 3.8) is 0 Å². The number of rotatable bonds is 12. The van der Waals surface area contributed by atoms with Crippen molar-refractivity contribution >= 4 is 50.7 Å². The Bertz CT molecular complexity index is 1480. The van der Waals surface area contributed by atoms with Gasteiger partial charge in [-0.2, -0.15) is 0 Å². The van der Waals surface area contributed by atoms with E-state index in [0.29, 0.717) is 21.3 Å². The second kappa shape index (κ2) is 14.4. The Morgan fingerprint density at radius 3 is 2.14 bits per heavy atom. The molecule has 0 heterocycles. The molecule has 3 aromatic carbocycles. The Hall–Kier alpha value is -3.07. The topological polar surface area (TPSA) is 86.8 Å². The third kappa shape index (κ3) is 8.49. The van der Waals surface area contributed by atoms with Crippen molar-refractivity contribution in [2.75, 3.05) is 17.1 Å². The number of nitrogens with zero attached hydrogens (tertiary/aromatic N) is 2. The second-order valence-electron chi connectivity index (χ2n) is 10.8. The van der Waals surface area contributed by atoms with E-state index in [1.807, 2.05) is 49.4 Å². The first kappa shape index (κ1) is 31.9. The molecule has 224 valence electrons. The van der Waals surface area contributed by atoms with E-state index < -0.39 is 28.5 Å². The molecular weight excluding hydrogens is 593 g/mol. The minimum Gasteiger partial charge on any atom is -0.352 e. The summed E-state index contributed by atoms with van der Waals surface area (Å²) in [6.07, 6.45) is 6.00. The van der Waals surface area contributed by atoms with Crippen LogP contribution in [0.2, 0.25) is 10.0 Å². The standard InChI is InChI=1S/C32H37Cl2N3O4S/c1-3-23-13-16-27(17-14-23)37(42(2,40)41)22-31(38)36(21-25-15-18-28(33)29(34)19-25)30(20-24-9-5-4-6-10-24)32(39)35-26-11-7-8-12-26/h4-6,9-10,13-19,26,30H,3,7-8,11-12,20-22H2,1-2H3,(H,35,39). The summed E-state index contributed by atoms with van der Waals surface area (Å²) in [5.41, 5.74) is 2.98. The summed E-state index contributed by atoms with van der Waals surface area (Å²) < 4.78 is 27.0. The minimum absolute atomic E-state index is 0.0394. The van der Waals surface area contributed by atoms with Crippen molar-refractivity contribution in [1.29, 1.82) is 0 Å². The summed E-state index contributed by atoms with van der Waals surface area (Å²) >= 11 is 12.5. The van der Waals surface area contributed by atoms with Gasteiger partial charge in [-0.3, -0.25) is 13.9 Å². The summed E-state index contributed by atoms with van der Waals surface area (Å²) in [5.74, 6) is -0.772. The molecule has 1 atom stereocenters. The van der Waals surface area contributed by atoms with Gasteiger partial charge in [-0.1, -0.05) is 91.5 Å². The van der Waals surface area contributed by atoms with Crippen LogP contribution in [0, 0.1) is 0 Å². The van der Waals surface area contributed by atoms with Gasteiger partial charge >= 0.3 is 0 Å². The molecule has 1 aliphatic carbocycles. The summed E-state index contributed by atoms with van der Waals surface area (Å²) in [7, 11) is -3.83. The Morgan fingerprint density at radius 2 is 1.55 bits per heavy atom. The number of benzene rings is 3. The number of carbonyl (C=O) groups excluding carboxylic acids is 2. The number of halogens is 2. The average molecular weight is 631 g/mol. The predicted octanol–water partition coefficient (Wildman–Crippen LogP) is 6.02. The van der Waals surface area contributed by atoms with Gasteiger partial charge in [0.05, 0.1) is 22.0 Å². The monoisotopic (exact) mass is 629 g/mol. The Balaban J connectivity index is 1.73. The molecule has 0 aliphatic heterocycles. The molecule has 1 N–H and O–H groups in total. The van der Waals surface area contributed by atoms with Gasteiger partial charge in [0.1, 0.15) is 12.6 Å². The zero-order chi connectivity index (χ0) is 30.3. The Kier molecular flexibility index (Phi) is 10.9. The zero-order valence-corrected chi connectivity index (χ0v) is 26.3. The molecule has 42 heavy (non-hydrogen) atoms. The third-order valence-electron chi connectivity index (χ3n) is 7.62. The number of hydrogen-bond acceptors (Lipinski definition) is 4. The van der Waals surface area contributed by atoms with Crippen molar-refractivity contribution < 1.29 is 18.0 Å². The maximum absolute atomic E-state index is 14.2. The van der Waals surface area contributed by atoms with Gasteiger partial charge < -0.3 is 10.2 Å². The van der Waals surface area contributed by atoms with Crippen LogP contribution < -0.4 is 9.62 Å². The molecule has 0 radical (unpaired) electrons. The lowest BCUT2D eigenvalue weighted by Crippen LogP contribution is -2.54. The van der Waals surface area contributed by atoms with Crippen LogP contribution in [0.25, 0.3) is 0 Å². The van der Waals surface area contributed by atoms with Crippen LogP contribution in [0.15, 0.2) is 72.8 Å². The second-order valence-corrected chi connectivity index (χ2v) is 13.5. The van der Waals surface area contributed by atoms with Crippen LogP contribution in [0.3, 0.4) is 0 Å². The van der Waals surface area contributed by atoms with E-state index in [-0.39, 0.29) is 24.9 Å². The summed E-state index contributed by atoms with van der Waals surface area (Å²) in [5, 5.41) is 3.85. The van der Waals surface area contributed by atoms with Gasteiger partial charge in [0.15, 0.2) is 0 Å². The number of carbonyl (C=O) groups is 2. The van der Waals surface area contributed by atoms with Gasteiger partial charge in [-0.15, -0.1) is 0 Å². The molecule has 1 unspecified atom stereocenters. The molecule has 10 heteroatoms. The van der Waals surface area contributed by atoms with Gasteiger partial charge in [0.2, 0.25) is 21.8 Å². The lowest BCUT2D eigenvalue weighted by molar-refractivity contribution is -0.140. The highest BCUT2D eigenvalue weighted by molar-refractivity contribution is 7.92. The van der Waals surface area contributed by atoms with Crippen LogP contribution in [0.1, 0.15) is 49.3 Å². The van der Waals surface area contributed by atoms with Crippen molar-refractivity contribution in [2.24, 2.45) is 0 Å². The summed E-state index contributed by atoms with van der Waals surface area (Å²) in [4.78, 5) is 29.6. The van der Waals surface area contributed by atoms with Crippen molar-refractivity contribution in [2.45, 2.75) is 64.1 Å². The number of amides is 2. The maximum Gasteiger partial charge on any atom is 0.244 e. The van der Waals surface area contributed by atoms with E-state index in [0.717, 1.165) is 53.8 Å². The highest BCUT2D eigenvalue weighted by atomic mass is 35.5. The van der Waals surface area contributed by atoms with E-state index in [1.165, 1.54) is 4.90 Å². The molecule has 1 aliphatic rings. The summed E-state index contributed by atoms with van der Waals surface area (Å²) in [6.45, 7) is 1.59. The normalized spacial score (nSPS) is 14.4. The molecular formula is C32H37Cl2N3O4S. The SMILES string of the molecule is CCc1ccc(N(CC(=O)N(Cc2ccc(Cl)c(Cl)c2)C(Cc2ccccc2)C(=O)NC2CCCC2)S(C)(=O)=O)cc1. The Morgan fingerprint density at radius 1 is 0.905 bits per heavy atom. The third-order valence-corrected chi connectivity index (χ3v) is 9.50. The minimum atomic E-state index is -3.83. The van der Waals surface area contributed by atoms with Crippen molar-refractivity contribution in [3.8, 4) is 0 Å². The van der Waals surface area contributed by atoms with Crippen LogP contribution in [-0.2, 0) is 39.0 Å². The van der Waals surface area contributed by atoms with E-state index in [4.69, 9.17) is 23.2 Å². The zero-order valence-electron chi connectivity index (χ0n) is 23.9. The molecule has 1 saturated carbocycles. The first-order chi connectivity index (χ1) is 20.0. The van der Waals surface area contributed by atoms with E-state index in [1.54, 1.807) is 30.3 Å². The average Bonchev–Trinajstić information content (AvgIpc) is 3.48. The molecule has 0 bridgehead atoms. The molecule has 3 aromatic rings. The molecule has 4 rings (SSSR count). The summed E-state index contributed by atoms with van der Waals surface area (Å²) in [6, 6.07) is 20.8. The van der Waals surface area contributed by atoms with Crippen LogP contribution in [0.5, 0.6) is 0 Å². The molecule has 2 amide bonds. The van der Waals surface area contributed by atoms with Crippen LogP contribution >= 0.6 is 23.2 Å². The highest BCUT2D eigenvalue weighted by Crippen LogP contribution is 2.26. The Labute approximate surface area is 258 Å². The number of sulfonamides is 1. The van der Waals surface area contributed by atoms with Gasteiger partial charge in [0.25, 0.3) is 0 Å². The van der Waals surface area contributed by atoms with Gasteiger partial charge in [-0.05, 0) is 60.2 Å². The quantitative estimate of drug-likeness (QED) is 0.265. The largest absolute Gasteiger partial charge is 0.352 e. The lowest BCUT2D eigenvalue weighted by Gasteiger charge is -2.34. The first-order valence-corrected chi connectivity index (χ1v) is 16.8. The first-order valence-electron chi connectivity index (χ1n) is 14.2. The highest BCUT2D eigenvalue weighted by Gasteiger charge is 2.34. The maximum atomic E-state index is 14.2. The molecule has 1 fully saturated rings. The molecule has 0 saturated heterocycles. The van der Waals surface area contributed by atoms with Crippen molar-refractivity contribution in [3.05, 3.63) is 99.5 Å². The lowest BCUT2D eigenvalue weighted by atomic mass is 10.0. The van der Waals surface area contributed by atoms with Crippen LogP contribution in [0.4, 0.5) is 5.69 Å². The molecule has 7 nitrogen and oxygen atoms in total. The fourth-order valence-electron chi connectivity index (χ4n) is 5.27. The predicted molar refractivity (Wildman–Crippen MR) is 169 cm³/mol. The van der Waals surface area contributed by atoms with Crippen molar-refractivity contribution in [1.82, 2.24) is 10.2 Å².